The molecule has 1 aromatic carbocycles. The van der Waals surface area contributed by atoms with E-state index >= 15 is 0 Å². The summed E-state index contributed by atoms with van der Waals surface area (Å²) in [4.78, 5) is 5.57. The molecule has 0 saturated carbocycles. The van der Waals surface area contributed by atoms with Crippen LogP contribution in [-0.2, 0) is 6.54 Å². The van der Waals surface area contributed by atoms with E-state index in [0.717, 1.165) is 10.6 Å². The smallest absolute Gasteiger partial charge is 0.109 e. The molecule has 2 aromatic rings. The van der Waals surface area contributed by atoms with Crippen LogP contribution < -0.4 is 5.32 Å². The summed E-state index contributed by atoms with van der Waals surface area (Å²) in [6.45, 7) is 4.78. The van der Waals surface area contributed by atoms with E-state index < -0.39 is 0 Å². The molecule has 0 aliphatic rings. The van der Waals surface area contributed by atoms with Crippen molar-refractivity contribution in [1.82, 2.24) is 10.3 Å². The lowest BCUT2D eigenvalue weighted by Gasteiger charge is -2.12. The van der Waals surface area contributed by atoms with E-state index in [-0.39, 0.29) is 6.04 Å². The zero-order valence-electron chi connectivity index (χ0n) is 10.8. The minimum atomic E-state index is 0.186. The molecule has 0 aliphatic carbocycles. The van der Waals surface area contributed by atoms with Gasteiger partial charge in [0, 0.05) is 22.6 Å². The number of rotatable bonds is 4. The average molecular weight is 292 g/mol. The number of hydrogen-bond donors (Lipinski definition) is 1. The molecular formula is C14H14ClN3S. The molecule has 0 aliphatic heterocycles. The lowest BCUT2D eigenvalue weighted by atomic mass is 10.1. The zero-order chi connectivity index (χ0) is 13.8. The third-order valence-electron chi connectivity index (χ3n) is 2.79. The van der Waals surface area contributed by atoms with E-state index in [4.69, 9.17) is 16.9 Å². The Labute approximate surface area is 121 Å². The maximum atomic E-state index is 8.79. The van der Waals surface area contributed by atoms with Crippen molar-refractivity contribution in [3.05, 3.63) is 50.4 Å². The highest BCUT2D eigenvalue weighted by molar-refractivity contribution is 7.11. The number of benzene rings is 1. The van der Waals surface area contributed by atoms with Gasteiger partial charge in [-0.2, -0.15) is 5.26 Å². The highest BCUT2D eigenvalue weighted by Gasteiger charge is 2.10. The van der Waals surface area contributed by atoms with Crippen molar-refractivity contribution in [2.24, 2.45) is 0 Å². The van der Waals surface area contributed by atoms with Crippen molar-refractivity contribution in [2.75, 3.05) is 0 Å². The van der Waals surface area contributed by atoms with Gasteiger partial charge in [-0.15, -0.1) is 11.3 Å². The van der Waals surface area contributed by atoms with Gasteiger partial charge in [-0.3, -0.25) is 0 Å². The second-order valence-corrected chi connectivity index (χ2v) is 6.00. The normalized spacial score (nSPS) is 12.1. The molecule has 0 bridgehead atoms. The molecule has 5 heteroatoms. The molecule has 3 nitrogen and oxygen atoms in total. The van der Waals surface area contributed by atoms with Crippen LogP contribution in [0.1, 0.15) is 34.0 Å². The average Bonchev–Trinajstić information content (AvgIpc) is 2.83. The molecular weight excluding hydrogens is 278 g/mol. The Hall–Kier alpha value is -1.41. The fraction of sp³-hybridized carbons (Fsp3) is 0.286. The Kier molecular flexibility index (Phi) is 4.54. The number of thiazole rings is 1. The monoisotopic (exact) mass is 291 g/mol. The van der Waals surface area contributed by atoms with Gasteiger partial charge in [-0.25, -0.2) is 4.98 Å². The quantitative estimate of drug-likeness (QED) is 0.931. The van der Waals surface area contributed by atoms with Crippen LogP contribution >= 0.6 is 22.9 Å². The van der Waals surface area contributed by atoms with Crippen LogP contribution in [0.15, 0.2) is 24.4 Å². The Morgan fingerprint density at radius 3 is 2.89 bits per heavy atom. The Balaban J connectivity index is 2.01. The number of aromatic nitrogens is 1. The molecule has 19 heavy (non-hydrogen) atoms. The Bertz CT molecular complexity index is 615. The molecule has 0 amide bonds. The molecule has 0 spiro atoms. The molecule has 1 aromatic heterocycles. The zero-order valence-corrected chi connectivity index (χ0v) is 12.3. The summed E-state index contributed by atoms with van der Waals surface area (Å²) in [7, 11) is 0. The van der Waals surface area contributed by atoms with Gasteiger partial charge in [0.15, 0.2) is 0 Å². The van der Waals surface area contributed by atoms with Crippen LogP contribution in [0.25, 0.3) is 0 Å². The molecule has 0 fully saturated rings. The SMILES string of the molecule is Cc1cnc(C(C)NCc2ccc(C#N)cc2Cl)s1. The van der Waals surface area contributed by atoms with Gasteiger partial charge < -0.3 is 5.32 Å². The van der Waals surface area contributed by atoms with Crippen LogP contribution in [0, 0.1) is 18.3 Å². The number of nitrogens with one attached hydrogen (secondary N) is 1. The van der Waals surface area contributed by atoms with Crippen molar-refractivity contribution in [1.29, 1.82) is 5.26 Å². The number of nitrogens with zero attached hydrogens (tertiary/aromatic N) is 2. The van der Waals surface area contributed by atoms with E-state index in [1.807, 2.05) is 19.2 Å². The standard InChI is InChI=1S/C14H14ClN3S/c1-9-7-18-14(19-9)10(2)17-8-12-4-3-11(6-16)5-13(12)15/h3-5,7,10,17H,8H2,1-2H3. The van der Waals surface area contributed by atoms with Crippen LogP contribution in [-0.4, -0.2) is 4.98 Å². The summed E-state index contributed by atoms with van der Waals surface area (Å²) < 4.78 is 0. The maximum absolute atomic E-state index is 8.79. The van der Waals surface area contributed by atoms with Gasteiger partial charge in [0.1, 0.15) is 5.01 Å². The summed E-state index contributed by atoms with van der Waals surface area (Å²) in [5, 5.41) is 13.9. The van der Waals surface area contributed by atoms with Gasteiger partial charge in [0.05, 0.1) is 17.7 Å². The van der Waals surface area contributed by atoms with Gasteiger partial charge >= 0.3 is 0 Å². The first-order valence-corrected chi connectivity index (χ1v) is 7.14. The maximum Gasteiger partial charge on any atom is 0.109 e. The van der Waals surface area contributed by atoms with Crippen LogP contribution in [0.3, 0.4) is 0 Å². The summed E-state index contributed by atoms with van der Waals surface area (Å²) in [6, 6.07) is 7.61. The number of aryl methyl sites for hydroxylation is 1. The third-order valence-corrected chi connectivity index (χ3v) is 4.24. The van der Waals surface area contributed by atoms with Crippen LogP contribution in [0.2, 0.25) is 5.02 Å². The van der Waals surface area contributed by atoms with Crippen LogP contribution in [0.4, 0.5) is 0 Å². The number of hydrogen-bond acceptors (Lipinski definition) is 4. The molecule has 1 atom stereocenters. The van der Waals surface area contributed by atoms with Crippen molar-refractivity contribution < 1.29 is 0 Å². The highest BCUT2D eigenvalue weighted by atomic mass is 35.5. The van der Waals surface area contributed by atoms with Crippen molar-refractivity contribution in [2.45, 2.75) is 26.4 Å². The molecule has 2 rings (SSSR count). The summed E-state index contributed by atoms with van der Waals surface area (Å²) in [6.07, 6.45) is 1.88. The second-order valence-electron chi connectivity index (χ2n) is 4.33. The predicted molar refractivity (Wildman–Crippen MR) is 78.3 cm³/mol. The Morgan fingerprint density at radius 1 is 1.53 bits per heavy atom. The van der Waals surface area contributed by atoms with E-state index in [1.165, 1.54) is 4.88 Å². The molecule has 1 N–H and O–H groups in total. The topological polar surface area (TPSA) is 48.7 Å². The first-order chi connectivity index (χ1) is 9.10. The first-order valence-electron chi connectivity index (χ1n) is 5.94. The number of halogens is 1. The largest absolute Gasteiger partial charge is 0.304 e. The van der Waals surface area contributed by atoms with Gasteiger partial charge in [0.2, 0.25) is 0 Å². The Morgan fingerprint density at radius 2 is 2.32 bits per heavy atom. The number of nitriles is 1. The van der Waals surface area contributed by atoms with Gasteiger partial charge in [-0.05, 0) is 31.5 Å². The summed E-state index contributed by atoms with van der Waals surface area (Å²) in [5.41, 5.74) is 1.57. The van der Waals surface area contributed by atoms with E-state index in [1.54, 1.807) is 23.5 Å². The first kappa shape index (κ1) is 14.0. The van der Waals surface area contributed by atoms with E-state index in [2.05, 4.69) is 23.3 Å². The van der Waals surface area contributed by atoms with E-state index in [0.29, 0.717) is 17.1 Å². The minimum Gasteiger partial charge on any atom is -0.304 e. The fourth-order valence-electron chi connectivity index (χ4n) is 1.68. The fourth-order valence-corrected chi connectivity index (χ4v) is 2.73. The lowest BCUT2D eigenvalue weighted by Crippen LogP contribution is -2.18. The van der Waals surface area contributed by atoms with E-state index in [9.17, 15) is 0 Å². The van der Waals surface area contributed by atoms with Crippen molar-refractivity contribution >= 4 is 22.9 Å². The summed E-state index contributed by atoms with van der Waals surface area (Å²) in [5.74, 6) is 0. The minimum absolute atomic E-state index is 0.186. The van der Waals surface area contributed by atoms with Gasteiger partial charge in [-0.1, -0.05) is 17.7 Å². The molecule has 1 heterocycles. The molecule has 0 saturated heterocycles. The van der Waals surface area contributed by atoms with Gasteiger partial charge in [0.25, 0.3) is 0 Å². The van der Waals surface area contributed by atoms with Crippen molar-refractivity contribution in [3.8, 4) is 6.07 Å². The predicted octanol–water partition coefficient (Wildman–Crippen LogP) is 3.83. The highest BCUT2D eigenvalue weighted by Crippen LogP contribution is 2.21. The molecule has 1 unspecified atom stereocenters. The summed E-state index contributed by atoms with van der Waals surface area (Å²) >= 11 is 7.83. The lowest BCUT2D eigenvalue weighted by molar-refractivity contribution is 0.572. The molecule has 98 valence electrons. The van der Waals surface area contributed by atoms with Crippen LogP contribution in [0.5, 0.6) is 0 Å². The molecule has 0 radical (unpaired) electrons. The third kappa shape index (κ3) is 3.54. The van der Waals surface area contributed by atoms with Crippen molar-refractivity contribution in [3.63, 3.8) is 0 Å². The second kappa shape index (κ2) is 6.16.